The number of carbonyl (C=O) groups is 1. The summed E-state index contributed by atoms with van der Waals surface area (Å²) >= 11 is 0. The molecule has 5 rings (SSSR count). The summed E-state index contributed by atoms with van der Waals surface area (Å²) in [4.78, 5) is 15.0. The summed E-state index contributed by atoms with van der Waals surface area (Å²) in [6.45, 7) is 4.01. The van der Waals surface area contributed by atoms with Crippen molar-refractivity contribution in [2.45, 2.75) is 38.3 Å². The largest absolute Gasteiger partial charge is 0.369 e. The van der Waals surface area contributed by atoms with E-state index in [-0.39, 0.29) is 17.5 Å². The number of nitrogens with zero attached hydrogens (tertiary/aromatic N) is 4. The van der Waals surface area contributed by atoms with Crippen LogP contribution in [-0.2, 0) is 9.53 Å². The van der Waals surface area contributed by atoms with E-state index in [9.17, 15) is 4.79 Å². The second-order valence-corrected chi connectivity index (χ2v) is 8.69. The number of hydrogen-bond acceptors (Lipinski definition) is 4. The van der Waals surface area contributed by atoms with Crippen LogP contribution >= 0.6 is 0 Å². The molecule has 1 aromatic heterocycles. The molecule has 0 saturated carbocycles. The van der Waals surface area contributed by atoms with Crippen LogP contribution in [0.5, 0.6) is 0 Å². The summed E-state index contributed by atoms with van der Waals surface area (Å²) in [5, 5.41) is 4.43. The van der Waals surface area contributed by atoms with Gasteiger partial charge in [0.15, 0.2) is 0 Å². The SMILES string of the molecule is O=CN1CCC2(CCN(c3ccc(-c4cnn(C5CCCCO5)c4)cc3F)C2)C1. The van der Waals surface area contributed by atoms with Gasteiger partial charge >= 0.3 is 0 Å². The Balaban J connectivity index is 1.31. The van der Waals surface area contributed by atoms with Crippen LogP contribution in [-0.4, -0.2) is 53.9 Å². The fraction of sp³-hybridized carbons (Fsp3) is 0.545. The Morgan fingerprint density at radius 2 is 2.07 bits per heavy atom. The first-order valence-electron chi connectivity index (χ1n) is 10.6. The molecule has 2 aromatic rings. The van der Waals surface area contributed by atoms with Gasteiger partial charge in [-0.2, -0.15) is 5.10 Å². The van der Waals surface area contributed by atoms with E-state index in [1.807, 2.05) is 27.9 Å². The van der Waals surface area contributed by atoms with Gasteiger partial charge < -0.3 is 14.5 Å². The molecule has 3 aliphatic rings. The van der Waals surface area contributed by atoms with Crippen LogP contribution in [0.3, 0.4) is 0 Å². The van der Waals surface area contributed by atoms with Crippen molar-refractivity contribution in [3.05, 3.63) is 36.4 Å². The Kier molecular flexibility index (Phi) is 4.78. The van der Waals surface area contributed by atoms with E-state index in [2.05, 4.69) is 10.00 Å². The number of anilines is 1. The van der Waals surface area contributed by atoms with Crippen molar-refractivity contribution in [2.24, 2.45) is 5.41 Å². The second kappa shape index (κ2) is 7.44. The predicted octanol–water partition coefficient (Wildman–Crippen LogP) is 3.45. The molecule has 3 aliphatic heterocycles. The minimum absolute atomic E-state index is 0.0141. The second-order valence-electron chi connectivity index (χ2n) is 8.69. The molecule has 4 heterocycles. The maximum absolute atomic E-state index is 15.0. The standard InChI is InChI=1S/C22H27FN4O2/c23-19-11-17(18-12-24-27(13-18)21-3-1-2-10-29-21)4-5-20(19)26-9-7-22(15-26)6-8-25(14-22)16-28/h4-5,11-13,16,21H,1-3,6-10,14-15H2. The van der Waals surface area contributed by atoms with Crippen LogP contribution in [0.15, 0.2) is 30.6 Å². The van der Waals surface area contributed by atoms with Crippen LogP contribution in [0.25, 0.3) is 11.1 Å². The van der Waals surface area contributed by atoms with Gasteiger partial charge in [-0.15, -0.1) is 0 Å². The Bertz CT molecular complexity index is 895. The quantitative estimate of drug-likeness (QED) is 0.741. The van der Waals surface area contributed by atoms with Gasteiger partial charge in [0.05, 0.1) is 11.9 Å². The Morgan fingerprint density at radius 3 is 2.83 bits per heavy atom. The first kappa shape index (κ1) is 18.6. The van der Waals surface area contributed by atoms with E-state index in [1.54, 1.807) is 12.3 Å². The Hall–Kier alpha value is -2.41. The van der Waals surface area contributed by atoms with Crippen LogP contribution in [0, 0.1) is 11.2 Å². The molecule has 154 valence electrons. The van der Waals surface area contributed by atoms with Crippen LogP contribution in [0.4, 0.5) is 10.1 Å². The lowest BCUT2D eigenvalue weighted by Gasteiger charge is -2.25. The van der Waals surface area contributed by atoms with Gasteiger partial charge in [-0.3, -0.25) is 4.79 Å². The third kappa shape index (κ3) is 3.52. The lowest BCUT2D eigenvalue weighted by molar-refractivity contribution is -0.117. The number of aromatic nitrogens is 2. The minimum atomic E-state index is -0.202. The molecule has 7 heteroatoms. The smallest absolute Gasteiger partial charge is 0.209 e. The van der Waals surface area contributed by atoms with E-state index in [0.29, 0.717) is 5.69 Å². The van der Waals surface area contributed by atoms with E-state index < -0.39 is 0 Å². The number of halogens is 1. The van der Waals surface area contributed by atoms with Crippen LogP contribution in [0.1, 0.15) is 38.3 Å². The molecule has 1 spiro atoms. The van der Waals surface area contributed by atoms with Gasteiger partial charge in [0, 0.05) is 50.0 Å². The zero-order valence-corrected chi connectivity index (χ0v) is 16.6. The number of benzene rings is 1. The number of carbonyl (C=O) groups excluding carboxylic acids is 1. The molecule has 0 N–H and O–H groups in total. The molecule has 29 heavy (non-hydrogen) atoms. The van der Waals surface area contributed by atoms with Crippen molar-refractivity contribution < 1.29 is 13.9 Å². The summed E-state index contributed by atoms with van der Waals surface area (Å²) in [5.41, 5.74) is 2.50. The van der Waals surface area contributed by atoms with Crippen molar-refractivity contribution in [1.29, 1.82) is 0 Å². The lowest BCUT2D eigenvalue weighted by Crippen LogP contribution is -2.30. The number of amides is 1. The zero-order chi connectivity index (χ0) is 19.8. The molecule has 0 bridgehead atoms. The maximum Gasteiger partial charge on any atom is 0.209 e. The summed E-state index contributed by atoms with van der Waals surface area (Å²) in [7, 11) is 0. The van der Waals surface area contributed by atoms with Crippen LogP contribution < -0.4 is 4.90 Å². The van der Waals surface area contributed by atoms with E-state index in [1.165, 1.54) is 0 Å². The molecular weight excluding hydrogens is 371 g/mol. The summed E-state index contributed by atoms with van der Waals surface area (Å²) < 4.78 is 22.6. The van der Waals surface area contributed by atoms with Gasteiger partial charge in [0.25, 0.3) is 0 Å². The zero-order valence-electron chi connectivity index (χ0n) is 16.6. The number of rotatable bonds is 4. The summed E-state index contributed by atoms with van der Waals surface area (Å²) in [5.74, 6) is -0.202. The Morgan fingerprint density at radius 1 is 1.17 bits per heavy atom. The molecule has 2 atom stereocenters. The third-order valence-corrected chi connectivity index (χ3v) is 6.73. The van der Waals surface area contributed by atoms with Crippen molar-refractivity contribution in [3.63, 3.8) is 0 Å². The lowest BCUT2D eigenvalue weighted by atomic mass is 9.86. The molecule has 3 saturated heterocycles. The monoisotopic (exact) mass is 398 g/mol. The first-order chi connectivity index (χ1) is 14.2. The summed E-state index contributed by atoms with van der Waals surface area (Å²) in [6.07, 6.45) is 9.87. The van der Waals surface area contributed by atoms with E-state index >= 15 is 4.39 Å². The number of hydrogen-bond donors (Lipinski definition) is 0. The first-order valence-corrected chi connectivity index (χ1v) is 10.6. The molecule has 0 aliphatic carbocycles. The molecule has 6 nitrogen and oxygen atoms in total. The average Bonchev–Trinajstić information content (AvgIpc) is 3.49. The normalized spacial score (nSPS) is 27.1. The fourth-order valence-electron chi connectivity index (χ4n) is 5.05. The summed E-state index contributed by atoms with van der Waals surface area (Å²) in [6, 6.07) is 5.46. The van der Waals surface area contributed by atoms with E-state index in [0.717, 1.165) is 82.4 Å². The van der Waals surface area contributed by atoms with Crippen LogP contribution in [0.2, 0.25) is 0 Å². The topological polar surface area (TPSA) is 50.6 Å². The fourth-order valence-corrected chi connectivity index (χ4v) is 5.05. The van der Waals surface area contributed by atoms with Crippen molar-refractivity contribution >= 4 is 12.1 Å². The molecule has 3 fully saturated rings. The molecule has 1 amide bonds. The predicted molar refractivity (Wildman–Crippen MR) is 108 cm³/mol. The highest BCUT2D eigenvalue weighted by atomic mass is 19.1. The third-order valence-electron chi connectivity index (χ3n) is 6.73. The van der Waals surface area contributed by atoms with Gasteiger partial charge in [-0.05, 0) is 49.8 Å². The van der Waals surface area contributed by atoms with Gasteiger partial charge in [0.2, 0.25) is 6.41 Å². The highest BCUT2D eigenvalue weighted by molar-refractivity contribution is 5.66. The molecule has 2 unspecified atom stereocenters. The molecule has 0 radical (unpaired) electrons. The maximum atomic E-state index is 15.0. The van der Waals surface area contributed by atoms with Gasteiger partial charge in [-0.25, -0.2) is 9.07 Å². The van der Waals surface area contributed by atoms with Crippen molar-refractivity contribution in [3.8, 4) is 11.1 Å². The van der Waals surface area contributed by atoms with Gasteiger partial charge in [-0.1, -0.05) is 6.07 Å². The van der Waals surface area contributed by atoms with E-state index in [4.69, 9.17) is 4.74 Å². The molecule has 1 aromatic carbocycles. The molecular formula is C22H27FN4O2. The average molecular weight is 398 g/mol. The highest BCUT2D eigenvalue weighted by Gasteiger charge is 2.43. The number of ether oxygens (including phenoxy) is 1. The minimum Gasteiger partial charge on any atom is -0.369 e. The number of likely N-dealkylation sites (tertiary alicyclic amines) is 1. The highest BCUT2D eigenvalue weighted by Crippen LogP contribution is 2.41. The Labute approximate surface area is 170 Å². The van der Waals surface area contributed by atoms with Crippen molar-refractivity contribution in [2.75, 3.05) is 37.7 Å². The van der Waals surface area contributed by atoms with Crippen molar-refractivity contribution in [1.82, 2.24) is 14.7 Å². The van der Waals surface area contributed by atoms with Gasteiger partial charge in [0.1, 0.15) is 12.0 Å².